The molecule has 0 bridgehead atoms. The van der Waals surface area contributed by atoms with Gasteiger partial charge in [0.2, 0.25) is 0 Å². The van der Waals surface area contributed by atoms with Crippen LogP contribution in [-0.4, -0.2) is 18.9 Å². The number of carbonyl (C=O) groups is 2. The lowest BCUT2D eigenvalue weighted by molar-refractivity contribution is -0.168. The van der Waals surface area contributed by atoms with Crippen molar-refractivity contribution in [3.8, 4) is 0 Å². The van der Waals surface area contributed by atoms with Crippen molar-refractivity contribution in [2.45, 2.75) is 32.6 Å². The van der Waals surface area contributed by atoms with Crippen molar-refractivity contribution in [3.63, 3.8) is 0 Å². The first-order valence-corrected chi connectivity index (χ1v) is 5.89. The molecule has 0 unspecified atom stereocenters. The molecule has 1 fully saturated rings. The van der Waals surface area contributed by atoms with Gasteiger partial charge in [0.1, 0.15) is 5.78 Å². The van der Waals surface area contributed by atoms with Crippen molar-refractivity contribution in [1.82, 2.24) is 0 Å². The molecule has 2 rings (SSSR count). The Labute approximate surface area is 95.9 Å². The lowest BCUT2D eigenvalue weighted by Crippen LogP contribution is -2.51. The van der Waals surface area contributed by atoms with Crippen LogP contribution in [0.2, 0.25) is 0 Å². The molecule has 0 heterocycles. The minimum absolute atomic E-state index is 0.159. The van der Waals surface area contributed by atoms with Crippen molar-refractivity contribution < 1.29 is 14.3 Å². The normalized spacial score (nSPS) is 38.0. The highest BCUT2D eigenvalue weighted by atomic mass is 16.5. The maximum Gasteiger partial charge on any atom is 0.313 e. The number of rotatable bonds is 1. The summed E-state index contributed by atoms with van der Waals surface area (Å²) >= 11 is 0. The molecule has 3 nitrogen and oxygen atoms in total. The van der Waals surface area contributed by atoms with E-state index in [4.69, 9.17) is 4.74 Å². The van der Waals surface area contributed by atoms with E-state index in [0.29, 0.717) is 19.3 Å². The average molecular weight is 222 g/mol. The fourth-order valence-corrected chi connectivity index (χ4v) is 3.23. The van der Waals surface area contributed by atoms with Crippen LogP contribution in [0.5, 0.6) is 0 Å². The highest BCUT2D eigenvalue weighted by Crippen LogP contribution is 2.50. The molecule has 0 aromatic carbocycles. The maximum atomic E-state index is 12.1. The van der Waals surface area contributed by atoms with Crippen LogP contribution in [0.1, 0.15) is 32.6 Å². The molecule has 3 atom stereocenters. The zero-order valence-electron chi connectivity index (χ0n) is 9.86. The Morgan fingerprint density at radius 2 is 2.25 bits per heavy atom. The highest BCUT2D eigenvalue weighted by molar-refractivity contribution is 5.91. The third-order valence-electron chi connectivity index (χ3n) is 4.27. The van der Waals surface area contributed by atoms with Crippen molar-refractivity contribution in [2.75, 3.05) is 7.11 Å². The van der Waals surface area contributed by atoms with E-state index < -0.39 is 5.41 Å². The number of hydrogen-bond donors (Lipinski definition) is 0. The molecule has 0 radical (unpaired) electrons. The number of hydrogen-bond acceptors (Lipinski definition) is 3. The van der Waals surface area contributed by atoms with Crippen LogP contribution in [-0.2, 0) is 14.3 Å². The summed E-state index contributed by atoms with van der Waals surface area (Å²) in [5.74, 6) is 0.0940. The van der Waals surface area contributed by atoms with E-state index in [1.165, 1.54) is 7.11 Å². The third kappa shape index (κ3) is 1.41. The van der Waals surface area contributed by atoms with Crippen molar-refractivity contribution in [1.29, 1.82) is 0 Å². The predicted octanol–water partition coefficient (Wildman–Crippen LogP) is 2.11. The van der Waals surface area contributed by atoms with Gasteiger partial charge < -0.3 is 4.74 Å². The average Bonchev–Trinajstić information content (AvgIpc) is 2.33. The van der Waals surface area contributed by atoms with Gasteiger partial charge in [0.25, 0.3) is 0 Å². The minimum atomic E-state index is -0.584. The van der Waals surface area contributed by atoms with E-state index in [-0.39, 0.29) is 23.6 Å². The molecule has 2 aliphatic rings. The molecular weight excluding hydrogens is 204 g/mol. The van der Waals surface area contributed by atoms with Crippen LogP contribution >= 0.6 is 0 Å². The van der Waals surface area contributed by atoms with E-state index in [9.17, 15) is 9.59 Å². The summed E-state index contributed by atoms with van der Waals surface area (Å²) in [5, 5.41) is 0. The number of allylic oxidation sites excluding steroid dienone is 2. The Kier molecular flexibility index (Phi) is 2.87. The van der Waals surface area contributed by atoms with Gasteiger partial charge in [0.15, 0.2) is 0 Å². The monoisotopic (exact) mass is 222 g/mol. The lowest BCUT2D eigenvalue weighted by atomic mass is 9.56. The number of Topliss-reactive ketones (excluding diaryl/α,β-unsaturated/α-hetero) is 1. The summed E-state index contributed by atoms with van der Waals surface area (Å²) in [7, 11) is 1.41. The maximum absolute atomic E-state index is 12.1. The van der Waals surface area contributed by atoms with Gasteiger partial charge in [0, 0.05) is 12.3 Å². The molecule has 0 saturated heterocycles. The van der Waals surface area contributed by atoms with Crippen molar-refractivity contribution in [2.24, 2.45) is 17.3 Å². The summed E-state index contributed by atoms with van der Waals surface area (Å²) < 4.78 is 4.94. The minimum Gasteiger partial charge on any atom is -0.469 e. The SMILES string of the molecule is COC(=O)[C@]12CC=CC[C@@H]1C(=O)CC[C@@H]2C. The summed E-state index contributed by atoms with van der Waals surface area (Å²) in [5.41, 5.74) is -0.584. The first-order chi connectivity index (χ1) is 7.63. The summed E-state index contributed by atoms with van der Waals surface area (Å²) in [6.07, 6.45) is 6.79. The Bertz CT molecular complexity index is 345. The Morgan fingerprint density at radius 3 is 2.94 bits per heavy atom. The largest absolute Gasteiger partial charge is 0.469 e. The predicted molar refractivity (Wildman–Crippen MR) is 59.7 cm³/mol. The van der Waals surface area contributed by atoms with Crippen LogP contribution in [0, 0.1) is 17.3 Å². The Hall–Kier alpha value is -1.12. The number of ether oxygens (including phenoxy) is 1. The fourth-order valence-electron chi connectivity index (χ4n) is 3.23. The zero-order valence-corrected chi connectivity index (χ0v) is 9.86. The first kappa shape index (κ1) is 11.4. The molecule has 0 aromatic heterocycles. The number of fused-ring (bicyclic) bond motifs is 1. The van der Waals surface area contributed by atoms with Gasteiger partial charge in [-0.05, 0) is 25.2 Å². The van der Waals surface area contributed by atoms with Crippen LogP contribution in [0.4, 0.5) is 0 Å². The van der Waals surface area contributed by atoms with Crippen LogP contribution in [0.25, 0.3) is 0 Å². The number of esters is 1. The second kappa shape index (κ2) is 4.04. The van der Waals surface area contributed by atoms with Crippen LogP contribution < -0.4 is 0 Å². The topological polar surface area (TPSA) is 43.4 Å². The Balaban J connectivity index is 2.43. The van der Waals surface area contributed by atoms with E-state index in [2.05, 4.69) is 6.92 Å². The van der Waals surface area contributed by atoms with E-state index in [1.54, 1.807) is 0 Å². The smallest absolute Gasteiger partial charge is 0.313 e. The fraction of sp³-hybridized carbons (Fsp3) is 0.692. The van der Waals surface area contributed by atoms with Crippen molar-refractivity contribution >= 4 is 11.8 Å². The molecule has 16 heavy (non-hydrogen) atoms. The molecule has 0 amide bonds. The summed E-state index contributed by atoms with van der Waals surface area (Å²) in [4.78, 5) is 24.0. The number of carbonyl (C=O) groups excluding carboxylic acids is 2. The van der Waals surface area contributed by atoms with E-state index >= 15 is 0 Å². The first-order valence-electron chi connectivity index (χ1n) is 5.89. The summed E-state index contributed by atoms with van der Waals surface area (Å²) in [6, 6.07) is 0. The lowest BCUT2D eigenvalue weighted by Gasteiger charge is -2.46. The van der Waals surface area contributed by atoms with Crippen LogP contribution in [0.15, 0.2) is 12.2 Å². The van der Waals surface area contributed by atoms with Gasteiger partial charge in [-0.1, -0.05) is 19.1 Å². The van der Waals surface area contributed by atoms with Crippen molar-refractivity contribution in [3.05, 3.63) is 12.2 Å². The molecule has 1 saturated carbocycles. The van der Waals surface area contributed by atoms with Gasteiger partial charge in [0.05, 0.1) is 12.5 Å². The van der Waals surface area contributed by atoms with Gasteiger partial charge in [-0.25, -0.2) is 0 Å². The van der Waals surface area contributed by atoms with Gasteiger partial charge in [-0.15, -0.1) is 0 Å². The molecule has 0 aromatic rings. The van der Waals surface area contributed by atoms with Gasteiger partial charge in [-0.2, -0.15) is 0 Å². The van der Waals surface area contributed by atoms with Crippen LogP contribution in [0.3, 0.4) is 0 Å². The van der Waals surface area contributed by atoms with Gasteiger partial charge >= 0.3 is 5.97 Å². The summed E-state index contributed by atoms with van der Waals surface area (Å²) in [6.45, 7) is 2.06. The molecule has 88 valence electrons. The van der Waals surface area contributed by atoms with Gasteiger partial charge in [-0.3, -0.25) is 9.59 Å². The molecule has 0 N–H and O–H groups in total. The molecule has 0 spiro atoms. The molecular formula is C13H18O3. The molecule has 2 aliphatic carbocycles. The quantitative estimate of drug-likeness (QED) is 0.504. The Morgan fingerprint density at radius 1 is 1.50 bits per heavy atom. The second-order valence-electron chi connectivity index (χ2n) is 4.90. The number of methoxy groups -OCH3 is 1. The molecule has 0 aliphatic heterocycles. The number of ketones is 1. The van der Waals surface area contributed by atoms with E-state index in [0.717, 1.165) is 6.42 Å². The van der Waals surface area contributed by atoms with E-state index in [1.807, 2.05) is 12.2 Å². The molecule has 3 heteroatoms. The second-order valence-corrected chi connectivity index (χ2v) is 4.90. The third-order valence-corrected chi connectivity index (χ3v) is 4.27. The highest BCUT2D eigenvalue weighted by Gasteiger charge is 2.55. The standard InChI is InChI=1S/C13H18O3/c1-9-6-7-11(14)10-5-3-4-8-13(9,10)12(15)16-2/h3-4,9-10H,5-8H2,1-2H3/t9-,10+,13-/m0/s1. The zero-order chi connectivity index (χ0) is 11.8.